The number of esters is 1. The predicted octanol–water partition coefficient (Wildman–Crippen LogP) is 0.915. The van der Waals surface area contributed by atoms with E-state index in [1.165, 1.54) is 12.1 Å². The van der Waals surface area contributed by atoms with Gasteiger partial charge in [0.1, 0.15) is 12.1 Å². The van der Waals surface area contributed by atoms with Crippen molar-refractivity contribution in [1.29, 1.82) is 0 Å². The number of hydrogen-bond donors (Lipinski definition) is 2. The minimum atomic E-state index is -3.59. The summed E-state index contributed by atoms with van der Waals surface area (Å²) in [7, 11) is -2.44. The van der Waals surface area contributed by atoms with Crippen LogP contribution >= 0.6 is 0 Å². The highest BCUT2D eigenvalue weighted by molar-refractivity contribution is 7.91. The van der Waals surface area contributed by atoms with Crippen molar-refractivity contribution in [2.24, 2.45) is 5.92 Å². The monoisotopic (exact) mass is 371 g/mol. The van der Waals surface area contributed by atoms with Gasteiger partial charge >= 0.3 is 5.97 Å². The van der Waals surface area contributed by atoms with E-state index >= 15 is 0 Å². The van der Waals surface area contributed by atoms with Gasteiger partial charge < -0.3 is 15.2 Å². The lowest BCUT2D eigenvalue weighted by Gasteiger charge is -2.19. The molecule has 0 saturated heterocycles. The smallest absolute Gasteiger partial charge is 0.328 e. The van der Waals surface area contributed by atoms with Crippen LogP contribution in [0.15, 0.2) is 35.2 Å². The summed E-state index contributed by atoms with van der Waals surface area (Å²) in [4.78, 5) is 24.0. The molecule has 0 aliphatic rings. The molecule has 2 atom stereocenters. The van der Waals surface area contributed by atoms with Crippen LogP contribution in [0.1, 0.15) is 26.7 Å². The average Bonchev–Trinajstić information content (AvgIpc) is 2.57. The molecular weight excluding hydrogens is 346 g/mol. The van der Waals surface area contributed by atoms with Crippen molar-refractivity contribution in [1.82, 2.24) is 5.32 Å². The SMILES string of the molecule is COC(=O)[C@@H](CCS(=O)(=O)c1ccccc1)NC(=O)[C@@H](O)CC(C)C. The molecule has 1 amide bonds. The molecule has 0 aliphatic carbocycles. The summed E-state index contributed by atoms with van der Waals surface area (Å²) in [5.74, 6) is -1.72. The van der Waals surface area contributed by atoms with E-state index in [0.29, 0.717) is 0 Å². The third kappa shape index (κ3) is 6.83. The molecule has 0 bridgehead atoms. The number of hydrogen-bond acceptors (Lipinski definition) is 6. The number of carbonyl (C=O) groups excluding carboxylic acids is 2. The fourth-order valence-corrected chi connectivity index (χ4v) is 3.58. The van der Waals surface area contributed by atoms with Crippen molar-refractivity contribution < 1.29 is 27.9 Å². The number of ether oxygens (including phenoxy) is 1. The zero-order valence-electron chi connectivity index (χ0n) is 14.6. The number of aliphatic hydroxyl groups excluding tert-OH is 1. The predicted molar refractivity (Wildman–Crippen MR) is 92.5 cm³/mol. The fourth-order valence-electron chi connectivity index (χ4n) is 2.23. The van der Waals surface area contributed by atoms with Gasteiger partial charge in [-0.05, 0) is 30.9 Å². The van der Waals surface area contributed by atoms with Crippen molar-refractivity contribution in [3.8, 4) is 0 Å². The molecule has 7 nitrogen and oxygen atoms in total. The quantitative estimate of drug-likeness (QED) is 0.625. The summed E-state index contributed by atoms with van der Waals surface area (Å²) in [6.07, 6.45) is -1.18. The molecular formula is C17H25NO6S. The van der Waals surface area contributed by atoms with Gasteiger partial charge in [-0.3, -0.25) is 4.79 Å². The molecule has 0 radical (unpaired) electrons. The first-order chi connectivity index (χ1) is 11.7. The van der Waals surface area contributed by atoms with Crippen molar-refractivity contribution in [2.45, 2.75) is 43.7 Å². The number of nitrogens with one attached hydrogen (secondary N) is 1. The van der Waals surface area contributed by atoms with E-state index < -0.39 is 33.9 Å². The normalized spacial score (nSPS) is 14.0. The summed E-state index contributed by atoms with van der Waals surface area (Å²) < 4.78 is 29.2. The summed E-state index contributed by atoms with van der Waals surface area (Å²) in [6, 6.07) is 6.70. The van der Waals surface area contributed by atoms with Crippen LogP contribution in [0, 0.1) is 5.92 Å². The Kier molecular flexibility index (Phi) is 8.05. The number of methoxy groups -OCH3 is 1. The van der Waals surface area contributed by atoms with E-state index in [1.807, 2.05) is 13.8 Å². The molecule has 140 valence electrons. The van der Waals surface area contributed by atoms with Crippen LogP contribution in [0.25, 0.3) is 0 Å². The molecule has 25 heavy (non-hydrogen) atoms. The molecule has 0 saturated carbocycles. The lowest BCUT2D eigenvalue weighted by molar-refractivity contribution is -0.146. The van der Waals surface area contributed by atoms with Gasteiger partial charge in [0, 0.05) is 0 Å². The first-order valence-electron chi connectivity index (χ1n) is 8.01. The molecule has 0 spiro atoms. The minimum Gasteiger partial charge on any atom is -0.467 e. The maximum absolute atomic E-state index is 12.3. The number of amides is 1. The Bertz CT molecular complexity index is 672. The van der Waals surface area contributed by atoms with Crippen molar-refractivity contribution in [3.05, 3.63) is 30.3 Å². The molecule has 2 N–H and O–H groups in total. The van der Waals surface area contributed by atoms with Crippen LogP contribution in [0.3, 0.4) is 0 Å². The second-order valence-electron chi connectivity index (χ2n) is 6.15. The third-order valence-electron chi connectivity index (χ3n) is 3.58. The van der Waals surface area contributed by atoms with Crippen LogP contribution in [0.2, 0.25) is 0 Å². The number of benzene rings is 1. The molecule has 1 aromatic rings. The number of rotatable bonds is 9. The molecule has 0 heterocycles. The standard InChI is InChI=1S/C17H25NO6S/c1-12(2)11-15(19)16(20)18-14(17(21)24-3)9-10-25(22,23)13-7-5-4-6-8-13/h4-8,12,14-15,19H,9-11H2,1-3H3,(H,18,20)/t14-,15+/m1/s1. The Morgan fingerprint density at radius 3 is 2.32 bits per heavy atom. The Morgan fingerprint density at radius 2 is 1.80 bits per heavy atom. The van der Waals surface area contributed by atoms with Gasteiger partial charge in [0.2, 0.25) is 5.91 Å². The Hall–Kier alpha value is -1.93. The van der Waals surface area contributed by atoms with E-state index in [0.717, 1.165) is 7.11 Å². The summed E-state index contributed by atoms with van der Waals surface area (Å²) >= 11 is 0. The number of carbonyl (C=O) groups is 2. The molecule has 0 aliphatic heterocycles. The van der Waals surface area contributed by atoms with Gasteiger partial charge in [0.15, 0.2) is 9.84 Å². The first-order valence-corrected chi connectivity index (χ1v) is 9.66. The van der Waals surface area contributed by atoms with E-state index in [-0.39, 0.29) is 29.4 Å². The summed E-state index contributed by atoms with van der Waals surface area (Å²) in [6.45, 7) is 3.70. The van der Waals surface area contributed by atoms with Crippen LogP contribution in [0.5, 0.6) is 0 Å². The van der Waals surface area contributed by atoms with Crippen LogP contribution in [-0.2, 0) is 24.2 Å². The molecule has 8 heteroatoms. The van der Waals surface area contributed by atoms with Crippen molar-refractivity contribution in [2.75, 3.05) is 12.9 Å². The van der Waals surface area contributed by atoms with Gasteiger partial charge in [-0.25, -0.2) is 13.2 Å². The highest BCUT2D eigenvalue weighted by Gasteiger charge is 2.27. The molecule has 0 aromatic heterocycles. The van der Waals surface area contributed by atoms with E-state index in [2.05, 4.69) is 10.1 Å². The van der Waals surface area contributed by atoms with Gasteiger partial charge in [0.25, 0.3) is 0 Å². The van der Waals surface area contributed by atoms with Crippen LogP contribution < -0.4 is 5.32 Å². The zero-order chi connectivity index (χ0) is 19.0. The maximum Gasteiger partial charge on any atom is 0.328 e. The molecule has 1 rings (SSSR count). The van der Waals surface area contributed by atoms with Gasteiger partial charge in [0.05, 0.1) is 17.8 Å². The fraction of sp³-hybridized carbons (Fsp3) is 0.529. The number of sulfone groups is 1. The van der Waals surface area contributed by atoms with Crippen molar-refractivity contribution >= 4 is 21.7 Å². The maximum atomic E-state index is 12.3. The molecule has 0 unspecified atom stereocenters. The summed E-state index contributed by atoms with van der Waals surface area (Å²) in [5.41, 5.74) is 0. The van der Waals surface area contributed by atoms with E-state index in [1.54, 1.807) is 18.2 Å². The van der Waals surface area contributed by atoms with Crippen molar-refractivity contribution in [3.63, 3.8) is 0 Å². The minimum absolute atomic E-state index is 0.0933. The first kappa shape index (κ1) is 21.1. The highest BCUT2D eigenvalue weighted by atomic mass is 32.2. The van der Waals surface area contributed by atoms with Gasteiger partial charge in [-0.15, -0.1) is 0 Å². The largest absolute Gasteiger partial charge is 0.467 e. The number of aliphatic hydroxyl groups is 1. The second-order valence-corrected chi connectivity index (χ2v) is 8.26. The Labute approximate surface area is 148 Å². The zero-order valence-corrected chi connectivity index (χ0v) is 15.5. The van der Waals surface area contributed by atoms with Crippen LogP contribution in [-0.4, -0.2) is 50.4 Å². The average molecular weight is 371 g/mol. The topological polar surface area (TPSA) is 110 Å². The van der Waals surface area contributed by atoms with E-state index in [9.17, 15) is 23.1 Å². The Morgan fingerprint density at radius 1 is 1.20 bits per heavy atom. The lowest BCUT2D eigenvalue weighted by Crippen LogP contribution is -2.47. The second kappa shape index (κ2) is 9.53. The van der Waals surface area contributed by atoms with Crippen LogP contribution in [0.4, 0.5) is 0 Å². The molecule has 1 aromatic carbocycles. The van der Waals surface area contributed by atoms with Gasteiger partial charge in [-0.1, -0.05) is 32.0 Å². The van der Waals surface area contributed by atoms with Gasteiger partial charge in [-0.2, -0.15) is 0 Å². The highest BCUT2D eigenvalue weighted by Crippen LogP contribution is 2.13. The van der Waals surface area contributed by atoms with E-state index in [4.69, 9.17) is 0 Å². The summed E-state index contributed by atoms with van der Waals surface area (Å²) in [5, 5.41) is 12.2. The molecule has 0 fully saturated rings. The lowest BCUT2D eigenvalue weighted by atomic mass is 10.1. The third-order valence-corrected chi connectivity index (χ3v) is 5.34. The Balaban J connectivity index is 2.77.